The van der Waals surface area contributed by atoms with E-state index in [0.717, 1.165) is 11.1 Å². The molecule has 38 heavy (non-hydrogen) atoms. The molecular weight excluding hydrogens is 510 g/mol. The van der Waals surface area contributed by atoms with E-state index in [-0.39, 0.29) is 23.4 Å². The average molecular weight is 535 g/mol. The minimum atomic E-state index is -1.66. The Morgan fingerprint density at radius 2 is 1.84 bits per heavy atom. The fraction of sp³-hybridized carbons (Fsp3) is 0.276. The van der Waals surface area contributed by atoms with Crippen LogP contribution in [0.5, 0.6) is 0 Å². The molecule has 1 aliphatic rings. The summed E-state index contributed by atoms with van der Waals surface area (Å²) >= 11 is 6.13. The molecule has 1 N–H and O–H groups in total. The first-order chi connectivity index (χ1) is 18.1. The summed E-state index contributed by atoms with van der Waals surface area (Å²) in [7, 11) is 0. The number of aromatic nitrogens is 2. The van der Waals surface area contributed by atoms with Crippen LogP contribution in [-0.4, -0.2) is 33.9 Å². The van der Waals surface area contributed by atoms with Crippen LogP contribution in [0.3, 0.4) is 0 Å². The van der Waals surface area contributed by atoms with E-state index in [1.165, 1.54) is 26.0 Å². The van der Waals surface area contributed by atoms with Gasteiger partial charge in [-0.25, -0.2) is 18.7 Å². The Kier molecular flexibility index (Phi) is 6.91. The van der Waals surface area contributed by atoms with E-state index < -0.39 is 23.2 Å². The Bertz CT molecular complexity index is 1550. The second kappa shape index (κ2) is 10.2. The molecule has 1 aliphatic heterocycles. The highest BCUT2D eigenvalue weighted by atomic mass is 35.5. The van der Waals surface area contributed by atoms with Gasteiger partial charge >= 0.3 is 5.76 Å². The Morgan fingerprint density at radius 3 is 2.47 bits per heavy atom. The summed E-state index contributed by atoms with van der Waals surface area (Å²) in [6.45, 7) is 4.08. The quantitative estimate of drug-likeness (QED) is 0.303. The zero-order chi connectivity index (χ0) is 27.0. The van der Waals surface area contributed by atoms with E-state index in [1.54, 1.807) is 12.1 Å². The van der Waals surface area contributed by atoms with E-state index in [0.29, 0.717) is 29.2 Å². The molecular formula is C29H25ClF2N4O2. The maximum Gasteiger partial charge on any atom is 0.434 e. The number of rotatable bonds is 7. The van der Waals surface area contributed by atoms with Crippen LogP contribution >= 0.6 is 11.6 Å². The van der Waals surface area contributed by atoms with Crippen molar-refractivity contribution in [2.75, 3.05) is 13.1 Å². The summed E-state index contributed by atoms with van der Waals surface area (Å²) in [4.78, 5) is 13.6. The van der Waals surface area contributed by atoms with Gasteiger partial charge in [-0.3, -0.25) is 4.90 Å². The number of H-pyrrole nitrogens is 1. The number of hydrogen-bond acceptors (Lipinski definition) is 5. The second-order valence-corrected chi connectivity index (χ2v) is 10.6. The van der Waals surface area contributed by atoms with Crippen molar-refractivity contribution in [3.8, 4) is 17.5 Å². The molecule has 2 heterocycles. The molecule has 1 unspecified atom stereocenters. The fourth-order valence-corrected chi connectivity index (χ4v) is 5.63. The lowest BCUT2D eigenvalue weighted by molar-refractivity contribution is 0.00814. The summed E-state index contributed by atoms with van der Waals surface area (Å²) < 4.78 is 35.4. The second-order valence-electron chi connectivity index (χ2n) is 10.1. The van der Waals surface area contributed by atoms with Crippen LogP contribution in [0.1, 0.15) is 48.1 Å². The standard InChI is InChI=1S/C29H25ClF2N4O2/c1-29(2,32)25(20-11-21(13-24(31)12-20)27-34-35-28(37)38-27)22-15-36(16-22)26(18-6-8-23(30)9-7-18)19-5-3-4-17(10-19)14-33/h3-13,22,25-26H,15-16H2,1-2H3,(H,35,37)/t25?,26-/m0/s1. The highest BCUT2D eigenvalue weighted by Gasteiger charge is 2.45. The summed E-state index contributed by atoms with van der Waals surface area (Å²) in [6.07, 6.45) is 0. The van der Waals surface area contributed by atoms with Crippen molar-refractivity contribution >= 4 is 11.6 Å². The molecule has 0 radical (unpaired) electrons. The maximum atomic E-state index is 15.7. The zero-order valence-corrected chi connectivity index (χ0v) is 21.5. The number of aromatic amines is 1. The van der Waals surface area contributed by atoms with Gasteiger partial charge in [0, 0.05) is 29.6 Å². The highest BCUT2D eigenvalue weighted by molar-refractivity contribution is 6.30. The smallest absolute Gasteiger partial charge is 0.388 e. The van der Waals surface area contributed by atoms with E-state index in [2.05, 4.69) is 21.2 Å². The average Bonchev–Trinajstić information content (AvgIpc) is 3.29. The van der Waals surface area contributed by atoms with Crippen LogP contribution in [0, 0.1) is 23.1 Å². The molecule has 3 aromatic carbocycles. The van der Waals surface area contributed by atoms with Gasteiger partial charge in [-0.15, -0.1) is 5.10 Å². The van der Waals surface area contributed by atoms with Gasteiger partial charge in [0.05, 0.1) is 17.7 Å². The number of nitrogens with zero attached hydrogens (tertiary/aromatic N) is 3. The number of hydrogen-bond donors (Lipinski definition) is 1. The van der Waals surface area contributed by atoms with Crippen molar-refractivity contribution in [1.29, 1.82) is 5.26 Å². The van der Waals surface area contributed by atoms with Crippen LogP contribution in [-0.2, 0) is 0 Å². The summed E-state index contributed by atoms with van der Waals surface area (Å²) in [6, 6.07) is 21.2. The molecule has 0 aliphatic carbocycles. The lowest BCUT2D eigenvalue weighted by atomic mass is 9.72. The highest BCUT2D eigenvalue weighted by Crippen LogP contribution is 2.46. The molecule has 0 bridgehead atoms. The molecule has 1 saturated heterocycles. The summed E-state index contributed by atoms with van der Waals surface area (Å²) in [5, 5.41) is 16.0. The number of halogens is 3. The minimum absolute atomic E-state index is 0.0541. The van der Waals surface area contributed by atoms with Gasteiger partial charge < -0.3 is 4.42 Å². The Hall–Kier alpha value is -3.80. The molecule has 6 nitrogen and oxygen atoms in total. The first-order valence-electron chi connectivity index (χ1n) is 12.2. The predicted octanol–water partition coefficient (Wildman–Crippen LogP) is 6.25. The van der Waals surface area contributed by atoms with Crippen molar-refractivity contribution in [3.05, 3.63) is 110 Å². The first-order valence-corrected chi connectivity index (χ1v) is 12.5. The van der Waals surface area contributed by atoms with E-state index in [1.807, 2.05) is 42.5 Å². The van der Waals surface area contributed by atoms with Crippen molar-refractivity contribution < 1.29 is 13.2 Å². The third kappa shape index (κ3) is 5.26. The molecule has 5 rings (SSSR count). The van der Waals surface area contributed by atoms with Gasteiger partial charge in [-0.2, -0.15) is 5.26 Å². The van der Waals surface area contributed by atoms with Crippen molar-refractivity contribution in [3.63, 3.8) is 0 Å². The number of alkyl halides is 1. The van der Waals surface area contributed by atoms with Gasteiger partial charge in [0.1, 0.15) is 11.5 Å². The minimum Gasteiger partial charge on any atom is -0.388 e. The largest absolute Gasteiger partial charge is 0.434 e. The molecule has 0 spiro atoms. The van der Waals surface area contributed by atoms with Gasteiger partial charge in [-0.1, -0.05) is 35.9 Å². The lowest BCUT2D eigenvalue weighted by Crippen LogP contribution is -2.53. The van der Waals surface area contributed by atoms with E-state index in [4.69, 9.17) is 16.0 Å². The predicted molar refractivity (Wildman–Crippen MR) is 140 cm³/mol. The van der Waals surface area contributed by atoms with Crippen LogP contribution in [0.2, 0.25) is 5.02 Å². The molecule has 4 aromatic rings. The summed E-state index contributed by atoms with van der Waals surface area (Å²) in [5.74, 6) is -2.13. The van der Waals surface area contributed by atoms with Crippen LogP contribution in [0.25, 0.3) is 11.5 Å². The SMILES string of the molecule is CC(C)(F)C(c1cc(F)cc(-c2n[nH]c(=O)o2)c1)C1CN([C@@H](c2ccc(Cl)cc2)c2cccc(C#N)c2)C1. The normalized spacial score (nSPS) is 16.0. The Labute approximate surface area is 223 Å². The number of benzene rings is 3. The molecule has 0 saturated carbocycles. The Morgan fingerprint density at radius 1 is 1.11 bits per heavy atom. The van der Waals surface area contributed by atoms with Crippen molar-refractivity contribution in [2.24, 2.45) is 5.92 Å². The molecule has 0 amide bonds. The number of nitriles is 1. The van der Waals surface area contributed by atoms with E-state index in [9.17, 15) is 14.4 Å². The van der Waals surface area contributed by atoms with Gasteiger partial charge in [0.15, 0.2) is 0 Å². The molecule has 2 atom stereocenters. The molecule has 1 aromatic heterocycles. The van der Waals surface area contributed by atoms with Crippen LogP contribution < -0.4 is 5.76 Å². The number of nitrogens with one attached hydrogen (secondary N) is 1. The monoisotopic (exact) mass is 534 g/mol. The van der Waals surface area contributed by atoms with E-state index >= 15 is 4.39 Å². The molecule has 9 heteroatoms. The van der Waals surface area contributed by atoms with Crippen LogP contribution in [0.15, 0.2) is 75.9 Å². The maximum absolute atomic E-state index is 15.7. The van der Waals surface area contributed by atoms with Gasteiger partial charge in [0.2, 0.25) is 5.89 Å². The van der Waals surface area contributed by atoms with Gasteiger partial charge in [-0.05, 0) is 78.9 Å². The summed E-state index contributed by atoms with van der Waals surface area (Å²) in [5.41, 5.74) is 1.57. The fourth-order valence-electron chi connectivity index (χ4n) is 5.51. The van der Waals surface area contributed by atoms with Crippen molar-refractivity contribution in [2.45, 2.75) is 31.5 Å². The number of likely N-dealkylation sites (tertiary alicyclic amines) is 1. The topological polar surface area (TPSA) is 85.9 Å². The third-order valence-electron chi connectivity index (χ3n) is 7.00. The lowest BCUT2D eigenvalue weighted by Gasteiger charge is -2.50. The molecule has 194 valence electrons. The molecule has 1 fully saturated rings. The van der Waals surface area contributed by atoms with Crippen LogP contribution in [0.4, 0.5) is 8.78 Å². The van der Waals surface area contributed by atoms with Crippen molar-refractivity contribution in [1.82, 2.24) is 15.1 Å². The zero-order valence-electron chi connectivity index (χ0n) is 20.8. The third-order valence-corrected chi connectivity index (χ3v) is 7.25. The van der Waals surface area contributed by atoms with Gasteiger partial charge in [0.25, 0.3) is 0 Å². The Balaban J connectivity index is 1.47. The first kappa shape index (κ1) is 25.8.